The molecule has 1 aliphatic rings. The number of amides is 1. The number of hydrogen-bond donors (Lipinski definition) is 2. The van der Waals surface area contributed by atoms with Crippen molar-refractivity contribution in [3.05, 3.63) is 76.9 Å². The molecule has 162 valence electrons. The van der Waals surface area contributed by atoms with Crippen molar-refractivity contribution < 1.29 is 14.3 Å². The van der Waals surface area contributed by atoms with E-state index in [-0.39, 0.29) is 12.7 Å². The summed E-state index contributed by atoms with van der Waals surface area (Å²) in [5.74, 6) is 1.47. The van der Waals surface area contributed by atoms with Crippen LogP contribution >= 0.6 is 11.6 Å². The number of carbonyl (C=O) groups is 1. The third-order valence-corrected chi connectivity index (χ3v) is 5.78. The number of aryl methyl sites for hydroxylation is 1. The molecule has 32 heavy (non-hydrogen) atoms. The van der Waals surface area contributed by atoms with Crippen molar-refractivity contribution in [1.82, 2.24) is 15.3 Å². The molecule has 0 saturated carbocycles. The fourth-order valence-electron chi connectivity index (χ4n) is 3.97. The van der Waals surface area contributed by atoms with Gasteiger partial charge < -0.3 is 19.8 Å². The fraction of sp³-hybridized carbons (Fsp3) is 0.200. The Morgan fingerprint density at radius 2 is 2.00 bits per heavy atom. The Hall–Kier alpha value is -3.51. The SMILES string of the molecule is O=C(CCCc1c(-c2ccccn2)[nH]c2ccc(Cl)cc12)NCc1ccc2c(c1)OCO2. The molecule has 0 fully saturated rings. The highest BCUT2D eigenvalue weighted by Crippen LogP contribution is 2.33. The number of hydrogen-bond acceptors (Lipinski definition) is 4. The van der Waals surface area contributed by atoms with E-state index in [0.29, 0.717) is 24.4 Å². The zero-order valence-electron chi connectivity index (χ0n) is 17.4. The number of ether oxygens (including phenoxy) is 2. The van der Waals surface area contributed by atoms with Crippen molar-refractivity contribution in [2.45, 2.75) is 25.8 Å². The molecule has 1 amide bonds. The number of nitrogens with zero attached hydrogens (tertiary/aromatic N) is 1. The maximum atomic E-state index is 12.4. The molecule has 1 aliphatic heterocycles. The summed E-state index contributed by atoms with van der Waals surface area (Å²) in [5.41, 5.74) is 4.97. The predicted octanol–water partition coefficient (Wildman–Crippen LogP) is 5.25. The van der Waals surface area contributed by atoms with Crippen LogP contribution in [0.1, 0.15) is 24.0 Å². The van der Waals surface area contributed by atoms with E-state index in [1.165, 1.54) is 0 Å². The summed E-state index contributed by atoms with van der Waals surface area (Å²) < 4.78 is 10.7. The molecule has 0 aliphatic carbocycles. The molecule has 6 nitrogen and oxygen atoms in total. The molecule has 4 aromatic rings. The first-order chi connectivity index (χ1) is 15.7. The molecule has 0 atom stereocenters. The van der Waals surface area contributed by atoms with Crippen molar-refractivity contribution in [3.63, 3.8) is 0 Å². The first-order valence-corrected chi connectivity index (χ1v) is 10.9. The normalized spacial score (nSPS) is 12.3. The highest BCUT2D eigenvalue weighted by atomic mass is 35.5. The number of fused-ring (bicyclic) bond motifs is 2. The minimum absolute atomic E-state index is 0.0138. The van der Waals surface area contributed by atoms with E-state index in [9.17, 15) is 4.79 Å². The first-order valence-electron chi connectivity index (χ1n) is 10.5. The van der Waals surface area contributed by atoms with Gasteiger partial charge in [0.1, 0.15) is 0 Å². The van der Waals surface area contributed by atoms with Gasteiger partial charge in [-0.1, -0.05) is 23.7 Å². The standard InChI is InChI=1S/C25H22ClN3O3/c26-17-8-9-20-19(13-17)18(25(29-20)21-5-1-2-11-27-21)4-3-6-24(30)28-14-16-7-10-22-23(12-16)32-15-31-22/h1-2,5,7-13,29H,3-4,6,14-15H2,(H,28,30). The van der Waals surface area contributed by atoms with Crippen LogP contribution < -0.4 is 14.8 Å². The second-order valence-corrected chi connectivity index (χ2v) is 8.14. The second-order valence-electron chi connectivity index (χ2n) is 7.70. The van der Waals surface area contributed by atoms with Crippen LogP contribution in [0, 0.1) is 0 Å². The number of aromatic amines is 1. The van der Waals surface area contributed by atoms with Crippen molar-refractivity contribution in [1.29, 1.82) is 0 Å². The van der Waals surface area contributed by atoms with Gasteiger partial charge in [-0.15, -0.1) is 0 Å². The number of nitrogens with one attached hydrogen (secondary N) is 2. The van der Waals surface area contributed by atoms with E-state index in [1.54, 1.807) is 6.20 Å². The molecule has 3 heterocycles. The summed E-state index contributed by atoms with van der Waals surface area (Å²) >= 11 is 6.25. The largest absolute Gasteiger partial charge is 0.454 e. The van der Waals surface area contributed by atoms with Gasteiger partial charge in [-0.05, 0) is 66.4 Å². The third kappa shape index (κ3) is 4.27. The number of benzene rings is 2. The van der Waals surface area contributed by atoms with Gasteiger partial charge in [-0.25, -0.2) is 0 Å². The van der Waals surface area contributed by atoms with E-state index in [0.717, 1.165) is 51.3 Å². The van der Waals surface area contributed by atoms with Crippen molar-refractivity contribution in [2.24, 2.45) is 0 Å². The van der Waals surface area contributed by atoms with Crippen LogP contribution in [0.5, 0.6) is 11.5 Å². The van der Waals surface area contributed by atoms with Gasteiger partial charge >= 0.3 is 0 Å². The zero-order chi connectivity index (χ0) is 21.9. The fourth-order valence-corrected chi connectivity index (χ4v) is 4.15. The van der Waals surface area contributed by atoms with Gasteiger partial charge in [0.15, 0.2) is 11.5 Å². The summed E-state index contributed by atoms with van der Waals surface area (Å²) in [6.45, 7) is 0.696. The Kier molecular flexibility index (Phi) is 5.69. The smallest absolute Gasteiger partial charge is 0.231 e. The number of rotatable bonds is 7. The van der Waals surface area contributed by atoms with E-state index in [2.05, 4.69) is 15.3 Å². The highest BCUT2D eigenvalue weighted by Gasteiger charge is 2.16. The van der Waals surface area contributed by atoms with Crippen LogP contribution in [0.4, 0.5) is 0 Å². The van der Waals surface area contributed by atoms with Crippen LogP contribution in [0.2, 0.25) is 5.02 Å². The van der Waals surface area contributed by atoms with Crippen LogP contribution in [0.15, 0.2) is 60.8 Å². The van der Waals surface area contributed by atoms with Crippen molar-refractivity contribution in [2.75, 3.05) is 6.79 Å². The van der Waals surface area contributed by atoms with Gasteiger partial charge in [-0.3, -0.25) is 9.78 Å². The second kappa shape index (κ2) is 8.93. The van der Waals surface area contributed by atoms with E-state index in [4.69, 9.17) is 21.1 Å². The quantitative estimate of drug-likeness (QED) is 0.405. The predicted molar refractivity (Wildman–Crippen MR) is 124 cm³/mol. The maximum absolute atomic E-state index is 12.4. The van der Waals surface area contributed by atoms with Crippen LogP contribution in [0.25, 0.3) is 22.3 Å². The summed E-state index contributed by atoms with van der Waals surface area (Å²) in [4.78, 5) is 20.4. The highest BCUT2D eigenvalue weighted by molar-refractivity contribution is 6.31. The minimum atomic E-state index is 0.0138. The zero-order valence-corrected chi connectivity index (χ0v) is 18.1. The third-order valence-electron chi connectivity index (χ3n) is 5.55. The molecule has 0 saturated heterocycles. The Labute approximate surface area is 190 Å². The lowest BCUT2D eigenvalue weighted by atomic mass is 10.0. The molecule has 0 unspecified atom stereocenters. The lowest BCUT2D eigenvalue weighted by Gasteiger charge is -2.07. The molecule has 0 bridgehead atoms. The molecule has 2 aromatic carbocycles. The summed E-state index contributed by atoms with van der Waals surface area (Å²) in [7, 11) is 0. The Balaban J connectivity index is 1.25. The van der Waals surface area contributed by atoms with Gasteiger partial charge in [0.2, 0.25) is 12.7 Å². The molecular formula is C25H22ClN3O3. The van der Waals surface area contributed by atoms with Crippen molar-refractivity contribution >= 4 is 28.4 Å². The number of aromatic nitrogens is 2. The van der Waals surface area contributed by atoms with Gasteiger partial charge in [-0.2, -0.15) is 0 Å². The Morgan fingerprint density at radius 1 is 1.09 bits per heavy atom. The number of pyridine rings is 1. The van der Waals surface area contributed by atoms with Gasteiger partial charge in [0, 0.05) is 35.1 Å². The number of halogens is 1. The monoisotopic (exact) mass is 447 g/mol. The summed E-state index contributed by atoms with van der Waals surface area (Å²) in [6, 6.07) is 17.4. The number of carbonyl (C=O) groups excluding carboxylic acids is 1. The summed E-state index contributed by atoms with van der Waals surface area (Å²) in [6.07, 6.45) is 3.66. The van der Waals surface area contributed by atoms with Crippen molar-refractivity contribution in [3.8, 4) is 22.9 Å². The average molecular weight is 448 g/mol. The van der Waals surface area contributed by atoms with E-state index in [1.807, 2.05) is 54.6 Å². The van der Waals surface area contributed by atoms with E-state index >= 15 is 0 Å². The minimum Gasteiger partial charge on any atom is -0.454 e. The van der Waals surface area contributed by atoms with Gasteiger partial charge in [0.05, 0.1) is 11.4 Å². The number of H-pyrrole nitrogens is 1. The topological polar surface area (TPSA) is 76.2 Å². The van der Waals surface area contributed by atoms with Crippen LogP contribution in [-0.4, -0.2) is 22.7 Å². The maximum Gasteiger partial charge on any atom is 0.231 e. The van der Waals surface area contributed by atoms with Crippen LogP contribution in [0.3, 0.4) is 0 Å². The van der Waals surface area contributed by atoms with E-state index < -0.39 is 0 Å². The molecule has 0 radical (unpaired) electrons. The van der Waals surface area contributed by atoms with Crippen LogP contribution in [-0.2, 0) is 17.8 Å². The lowest BCUT2D eigenvalue weighted by molar-refractivity contribution is -0.121. The molecule has 2 aromatic heterocycles. The van der Waals surface area contributed by atoms with Gasteiger partial charge in [0.25, 0.3) is 0 Å². The first kappa shape index (κ1) is 20.4. The average Bonchev–Trinajstić information content (AvgIpc) is 3.42. The molecular weight excluding hydrogens is 426 g/mol. The molecule has 5 rings (SSSR count). The molecule has 0 spiro atoms. The lowest BCUT2D eigenvalue weighted by Crippen LogP contribution is -2.22. The Bertz CT molecular complexity index is 1270. The molecule has 7 heteroatoms. The Morgan fingerprint density at radius 3 is 2.88 bits per heavy atom. The summed E-state index contributed by atoms with van der Waals surface area (Å²) in [5, 5.41) is 4.74. The molecule has 2 N–H and O–H groups in total.